The fourth-order valence-corrected chi connectivity index (χ4v) is 2.45. The lowest BCUT2D eigenvalue weighted by Crippen LogP contribution is -2.37. The highest BCUT2D eigenvalue weighted by Crippen LogP contribution is 2.25. The first-order chi connectivity index (χ1) is 9.52. The van der Waals surface area contributed by atoms with E-state index in [0.717, 1.165) is 0 Å². The van der Waals surface area contributed by atoms with E-state index in [2.05, 4.69) is 0 Å². The number of amides is 2. The van der Waals surface area contributed by atoms with Crippen molar-refractivity contribution < 1.29 is 19.5 Å². The molecule has 0 radical (unpaired) electrons. The van der Waals surface area contributed by atoms with Gasteiger partial charge >= 0.3 is 5.97 Å². The highest BCUT2D eigenvalue weighted by atomic mass is 16.4. The zero-order chi connectivity index (χ0) is 14.7. The van der Waals surface area contributed by atoms with Crippen molar-refractivity contribution in [3.63, 3.8) is 0 Å². The molecule has 1 atom stereocenters. The summed E-state index contributed by atoms with van der Waals surface area (Å²) in [5.41, 5.74) is 0.907. The smallest absolute Gasteiger partial charge is 0.303 e. The monoisotopic (exact) mass is 275 g/mol. The second-order valence-electron chi connectivity index (χ2n) is 5.01. The first-order valence-corrected chi connectivity index (χ1v) is 6.71. The number of hydrogen-bond acceptors (Lipinski definition) is 3. The van der Waals surface area contributed by atoms with Crippen molar-refractivity contribution in [3.05, 3.63) is 35.4 Å². The Morgan fingerprint density at radius 2 is 1.70 bits per heavy atom. The first kappa shape index (κ1) is 14.2. The van der Waals surface area contributed by atoms with Crippen LogP contribution in [0, 0.1) is 0 Å². The summed E-state index contributed by atoms with van der Waals surface area (Å²) in [6, 6.07) is 6.59. The molecular formula is C15H17NO4. The van der Waals surface area contributed by atoms with E-state index in [9.17, 15) is 14.4 Å². The first-order valence-electron chi connectivity index (χ1n) is 6.71. The third-order valence-electron chi connectivity index (χ3n) is 3.53. The molecule has 1 aromatic rings. The number of carbonyl (C=O) groups is 3. The predicted octanol–water partition coefficient (Wildman–Crippen LogP) is 2.32. The molecule has 106 valence electrons. The van der Waals surface area contributed by atoms with Crippen molar-refractivity contribution in [1.29, 1.82) is 0 Å². The molecule has 1 aromatic carbocycles. The molecule has 5 heteroatoms. The number of rotatable bonds is 6. The second-order valence-corrected chi connectivity index (χ2v) is 5.01. The minimum Gasteiger partial charge on any atom is -0.481 e. The zero-order valence-corrected chi connectivity index (χ0v) is 11.3. The van der Waals surface area contributed by atoms with Crippen LogP contribution in [-0.4, -0.2) is 33.8 Å². The van der Waals surface area contributed by atoms with Gasteiger partial charge in [0.2, 0.25) is 0 Å². The Morgan fingerprint density at radius 1 is 1.15 bits per heavy atom. The van der Waals surface area contributed by atoms with Gasteiger partial charge in [0.25, 0.3) is 11.8 Å². The van der Waals surface area contributed by atoms with E-state index < -0.39 is 5.97 Å². The maximum Gasteiger partial charge on any atom is 0.303 e. The summed E-state index contributed by atoms with van der Waals surface area (Å²) in [5.74, 6) is -1.33. The molecule has 0 aromatic heterocycles. The van der Waals surface area contributed by atoms with E-state index in [1.807, 2.05) is 6.92 Å². The maximum absolute atomic E-state index is 12.2. The maximum atomic E-state index is 12.2. The molecule has 2 rings (SSSR count). The number of benzene rings is 1. The molecule has 0 unspecified atom stereocenters. The zero-order valence-electron chi connectivity index (χ0n) is 11.3. The number of hydrogen-bond donors (Lipinski definition) is 1. The van der Waals surface area contributed by atoms with E-state index >= 15 is 0 Å². The second kappa shape index (κ2) is 5.86. The molecule has 5 nitrogen and oxygen atoms in total. The van der Waals surface area contributed by atoms with Crippen LogP contribution in [-0.2, 0) is 4.79 Å². The van der Waals surface area contributed by atoms with Crippen LogP contribution < -0.4 is 0 Å². The predicted molar refractivity (Wildman–Crippen MR) is 72.5 cm³/mol. The normalized spacial score (nSPS) is 15.3. The van der Waals surface area contributed by atoms with Gasteiger partial charge in [-0.15, -0.1) is 0 Å². The van der Waals surface area contributed by atoms with Crippen LogP contribution in [0.3, 0.4) is 0 Å². The summed E-state index contributed by atoms with van der Waals surface area (Å²) >= 11 is 0. The molecule has 1 N–H and O–H groups in total. The van der Waals surface area contributed by atoms with Gasteiger partial charge in [-0.3, -0.25) is 19.3 Å². The Kier molecular flexibility index (Phi) is 4.17. The summed E-state index contributed by atoms with van der Waals surface area (Å²) in [4.78, 5) is 36.1. The standard InChI is InChI=1S/C15H17NO4/c1-10(6-2-5-9-13(17)18)16-14(19)11-7-3-4-8-12(11)15(16)20/h3-4,7-8,10H,2,5-6,9H2,1H3,(H,17,18)/t10-/m1/s1. The summed E-state index contributed by atoms with van der Waals surface area (Å²) in [5, 5.41) is 8.57. The van der Waals surface area contributed by atoms with Gasteiger partial charge in [0.1, 0.15) is 0 Å². The SMILES string of the molecule is C[C@H](CCCCC(=O)O)N1C(=O)c2ccccc2C1=O. The van der Waals surface area contributed by atoms with Gasteiger partial charge in [-0.2, -0.15) is 0 Å². The van der Waals surface area contributed by atoms with E-state index in [0.29, 0.717) is 30.4 Å². The van der Waals surface area contributed by atoms with Crippen LogP contribution in [0.2, 0.25) is 0 Å². The van der Waals surface area contributed by atoms with E-state index in [1.54, 1.807) is 24.3 Å². The van der Waals surface area contributed by atoms with Crippen molar-refractivity contribution >= 4 is 17.8 Å². The van der Waals surface area contributed by atoms with Gasteiger partial charge in [0, 0.05) is 12.5 Å². The van der Waals surface area contributed by atoms with Crippen LogP contribution >= 0.6 is 0 Å². The van der Waals surface area contributed by atoms with Crippen LogP contribution in [0.15, 0.2) is 24.3 Å². The molecule has 1 heterocycles. The Balaban J connectivity index is 1.98. The Morgan fingerprint density at radius 3 is 2.20 bits per heavy atom. The Labute approximate surface area is 117 Å². The average molecular weight is 275 g/mol. The molecule has 1 aliphatic heterocycles. The Bertz CT molecular complexity index is 518. The molecule has 0 spiro atoms. The lowest BCUT2D eigenvalue weighted by Gasteiger charge is -2.22. The van der Waals surface area contributed by atoms with Gasteiger partial charge in [0.15, 0.2) is 0 Å². The van der Waals surface area contributed by atoms with E-state index in [-0.39, 0.29) is 24.3 Å². The average Bonchev–Trinajstić information content (AvgIpc) is 2.67. The molecule has 0 aliphatic carbocycles. The van der Waals surface area contributed by atoms with Gasteiger partial charge < -0.3 is 5.11 Å². The van der Waals surface area contributed by atoms with Crippen LogP contribution in [0.25, 0.3) is 0 Å². The number of fused-ring (bicyclic) bond motifs is 1. The number of aliphatic carboxylic acids is 1. The van der Waals surface area contributed by atoms with E-state index in [4.69, 9.17) is 5.11 Å². The fourth-order valence-electron chi connectivity index (χ4n) is 2.45. The summed E-state index contributed by atoms with van der Waals surface area (Å²) in [6.07, 6.45) is 1.98. The molecular weight excluding hydrogens is 258 g/mol. The number of imide groups is 1. The summed E-state index contributed by atoms with van der Waals surface area (Å²) in [6.45, 7) is 1.82. The van der Waals surface area contributed by atoms with Crippen LogP contribution in [0.1, 0.15) is 53.3 Å². The van der Waals surface area contributed by atoms with Gasteiger partial charge in [0.05, 0.1) is 11.1 Å². The number of carbonyl (C=O) groups excluding carboxylic acids is 2. The highest BCUT2D eigenvalue weighted by molar-refractivity contribution is 6.21. The van der Waals surface area contributed by atoms with Gasteiger partial charge in [-0.1, -0.05) is 18.6 Å². The molecule has 0 fully saturated rings. The molecule has 0 saturated heterocycles. The van der Waals surface area contributed by atoms with E-state index in [1.165, 1.54) is 4.90 Å². The minimum atomic E-state index is -0.821. The number of carboxylic acids is 1. The molecule has 20 heavy (non-hydrogen) atoms. The number of nitrogens with zero attached hydrogens (tertiary/aromatic N) is 1. The molecule has 0 bridgehead atoms. The van der Waals surface area contributed by atoms with Crippen molar-refractivity contribution in [2.75, 3.05) is 0 Å². The van der Waals surface area contributed by atoms with Crippen LogP contribution in [0.4, 0.5) is 0 Å². The largest absolute Gasteiger partial charge is 0.481 e. The summed E-state index contributed by atoms with van der Waals surface area (Å²) < 4.78 is 0. The Hall–Kier alpha value is -2.17. The molecule has 0 saturated carbocycles. The lowest BCUT2D eigenvalue weighted by molar-refractivity contribution is -0.137. The molecule has 1 aliphatic rings. The minimum absolute atomic E-state index is 0.120. The highest BCUT2D eigenvalue weighted by Gasteiger charge is 2.37. The van der Waals surface area contributed by atoms with Crippen molar-refractivity contribution in [2.24, 2.45) is 0 Å². The number of unbranched alkanes of at least 4 members (excludes halogenated alkanes) is 1. The topological polar surface area (TPSA) is 74.7 Å². The molecule has 2 amide bonds. The lowest BCUT2D eigenvalue weighted by atomic mass is 10.1. The van der Waals surface area contributed by atoms with Crippen molar-refractivity contribution in [3.8, 4) is 0 Å². The fraction of sp³-hybridized carbons (Fsp3) is 0.400. The van der Waals surface area contributed by atoms with Gasteiger partial charge in [-0.05, 0) is 31.9 Å². The number of carboxylic acid groups (broad SMARTS) is 1. The van der Waals surface area contributed by atoms with Gasteiger partial charge in [-0.25, -0.2) is 0 Å². The third-order valence-corrected chi connectivity index (χ3v) is 3.53. The van der Waals surface area contributed by atoms with Crippen molar-refractivity contribution in [2.45, 2.75) is 38.6 Å². The van der Waals surface area contributed by atoms with Crippen molar-refractivity contribution in [1.82, 2.24) is 4.90 Å². The third kappa shape index (κ3) is 2.71. The van der Waals surface area contributed by atoms with Crippen LogP contribution in [0.5, 0.6) is 0 Å². The summed E-state index contributed by atoms with van der Waals surface area (Å²) in [7, 11) is 0. The quantitative estimate of drug-likeness (QED) is 0.638.